The predicted molar refractivity (Wildman–Crippen MR) is 45.0 cm³/mol. The number of aliphatic carboxylic acids is 1. The Morgan fingerprint density at radius 1 is 1.45 bits per heavy atom. The maximum Gasteiger partial charge on any atom is 0.316 e. The lowest BCUT2D eigenvalue weighted by atomic mass is 10.3. The van der Waals surface area contributed by atoms with Gasteiger partial charge in [-0.05, 0) is 6.42 Å². The van der Waals surface area contributed by atoms with E-state index >= 15 is 0 Å². The van der Waals surface area contributed by atoms with Gasteiger partial charge >= 0.3 is 5.97 Å². The van der Waals surface area contributed by atoms with Crippen molar-refractivity contribution in [2.45, 2.75) is 26.2 Å². The zero-order chi connectivity index (χ0) is 8.69. The molecule has 0 fully saturated rings. The highest BCUT2D eigenvalue weighted by molar-refractivity contribution is 7.85. The van der Waals surface area contributed by atoms with Gasteiger partial charge in [0.05, 0.1) is 0 Å². The number of carboxylic acid groups (broad SMARTS) is 1. The van der Waals surface area contributed by atoms with Gasteiger partial charge in [0.2, 0.25) is 0 Å². The van der Waals surface area contributed by atoms with Crippen molar-refractivity contribution in [1.29, 1.82) is 0 Å². The van der Waals surface area contributed by atoms with Gasteiger partial charge in [-0.15, -0.1) is 0 Å². The third-order valence-electron chi connectivity index (χ3n) is 1.26. The lowest BCUT2D eigenvalue weighted by molar-refractivity contribution is -0.133. The lowest BCUT2D eigenvalue weighted by Gasteiger charge is -1.96. The van der Waals surface area contributed by atoms with Crippen LogP contribution in [0.1, 0.15) is 26.2 Å². The van der Waals surface area contributed by atoms with E-state index < -0.39 is 16.8 Å². The van der Waals surface area contributed by atoms with Crippen molar-refractivity contribution >= 4 is 16.8 Å². The lowest BCUT2D eigenvalue weighted by Crippen LogP contribution is -2.11. The molecule has 1 N–H and O–H groups in total. The van der Waals surface area contributed by atoms with Crippen LogP contribution in [0.4, 0.5) is 0 Å². The second-order valence-corrected chi connectivity index (χ2v) is 3.97. The molecule has 0 aliphatic rings. The number of rotatable bonds is 6. The predicted octanol–water partition coefficient (Wildman–Crippen LogP) is 1.01. The van der Waals surface area contributed by atoms with Gasteiger partial charge in [0.1, 0.15) is 5.75 Å². The smallest absolute Gasteiger partial charge is 0.316 e. The first-order valence-electron chi connectivity index (χ1n) is 3.73. The van der Waals surface area contributed by atoms with E-state index in [4.69, 9.17) is 5.11 Å². The van der Waals surface area contributed by atoms with Gasteiger partial charge in [0, 0.05) is 16.6 Å². The molecular weight excluding hydrogens is 164 g/mol. The Hall–Kier alpha value is -0.380. The molecule has 1 atom stereocenters. The van der Waals surface area contributed by atoms with Gasteiger partial charge in [0.25, 0.3) is 0 Å². The van der Waals surface area contributed by atoms with Gasteiger partial charge in [-0.25, -0.2) is 0 Å². The molecule has 0 bridgehead atoms. The van der Waals surface area contributed by atoms with Gasteiger partial charge in [-0.2, -0.15) is 0 Å². The van der Waals surface area contributed by atoms with Crippen molar-refractivity contribution in [3.8, 4) is 0 Å². The van der Waals surface area contributed by atoms with Crippen LogP contribution < -0.4 is 0 Å². The molecule has 0 aliphatic heterocycles. The summed E-state index contributed by atoms with van der Waals surface area (Å²) in [7, 11) is -1.15. The topological polar surface area (TPSA) is 54.4 Å². The summed E-state index contributed by atoms with van der Waals surface area (Å²) in [5.74, 6) is -0.649. The maximum atomic E-state index is 10.9. The van der Waals surface area contributed by atoms with Crippen LogP contribution in [0.3, 0.4) is 0 Å². The summed E-state index contributed by atoms with van der Waals surface area (Å²) in [6.07, 6.45) is 2.98. The van der Waals surface area contributed by atoms with Gasteiger partial charge in [0.15, 0.2) is 0 Å². The van der Waals surface area contributed by atoms with Crippen molar-refractivity contribution in [2.24, 2.45) is 0 Å². The summed E-state index contributed by atoms with van der Waals surface area (Å²) in [6, 6.07) is 0. The molecule has 0 aromatic heterocycles. The van der Waals surface area contributed by atoms with Crippen LogP contribution in [0.2, 0.25) is 0 Å². The number of hydrogen-bond donors (Lipinski definition) is 1. The SMILES string of the molecule is CCCCCS(=O)CC(=O)O. The molecule has 0 spiro atoms. The molecular formula is C7H14O3S. The van der Waals surface area contributed by atoms with E-state index in [0.29, 0.717) is 5.75 Å². The summed E-state index contributed by atoms with van der Waals surface area (Å²) in [4.78, 5) is 10.0. The molecule has 11 heavy (non-hydrogen) atoms. The van der Waals surface area contributed by atoms with Crippen molar-refractivity contribution in [1.82, 2.24) is 0 Å². The highest BCUT2D eigenvalue weighted by Gasteiger charge is 2.04. The minimum Gasteiger partial charge on any atom is -0.481 e. The minimum absolute atomic E-state index is 0.205. The first-order chi connectivity index (χ1) is 5.16. The number of carboxylic acids is 1. The van der Waals surface area contributed by atoms with Gasteiger partial charge < -0.3 is 5.11 Å². The van der Waals surface area contributed by atoms with Gasteiger partial charge in [-0.1, -0.05) is 19.8 Å². The summed E-state index contributed by atoms with van der Waals surface area (Å²) in [5, 5.41) is 8.25. The average molecular weight is 178 g/mol. The van der Waals surface area contributed by atoms with E-state index in [-0.39, 0.29) is 5.75 Å². The Labute approximate surface area is 69.3 Å². The first-order valence-corrected chi connectivity index (χ1v) is 5.22. The molecule has 0 aliphatic carbocycles. The van der Waals surface area contributed by atoms with Crippen molar-refractivity contribution in [2.75, 3.05) is 11.5 Å². The Morgan fingerprint density at radius 2 is 2.09 bits per heavy atom. The second kappa shape index (κ2) is 6.34. The number of hydrogen-bond acceptors (Lipinski definition) is 2. The molecule has 0 amide bonds. The number of carbonyl (C=O) groups is 1. The summed E-state index contributed by atoms with van der Waals surface area (Å²) in [5.41, 5.74) is 0. The first kappa shape index (κ1) is 10.6. The molecule has 0 saturated heterocycles. The summed E-state index contributed by atoms with van der Waals surface area (Å²) < 4.78 is 10.9. The third-order valence-corrected chi connectivity index (χ3v) is 2.57. The highest BCUT2D eigenvalue weighted by atomic mass is 32.2. The van der Waals surface area contributed by atoms with E-state index in [1.54, 1.807) is 0 Å². The Kier molecular flexibility index (Phi) is 6.12. The Balaban J connectivity index is 3.30. The zero-order valence-electron chi connectivity index (χ0n) is 6.71. The Bertz CT molecular complexity index is 145. The molecule has 0 aromatic rings. The third kappa shape index (κ3) is 7.52. The van der Waals surface area contributed by atoms with Crippen LogP contribution in [0, 0.1) is 0 Å². The molecule has 0 heterocycles. The zero-order valence-corrected chi connectivity index (χ0v) is 7.52. The molecule has 1 unspecified atom stereocenters. The summed E-state index contributed by atoms with van der Waals surface area (Å²) in [6.45, 7) is 2.06. The second-order valence-electron chi connectivity index (χ2n) is 2.39. The van der Waals surface area contributed by atoms with Crippen LogP contribution in [0.15, 0.2) is 0 Å². The fraction of sp³-hybridized carbons (Fsp3) is 0.857. The van der Waals surface area contributed by atoms with Crippen molar-refractivity contribution in [3.05, 3.63) is 0 Å². The minimum atomic E-state index is -1.15. The van der Waals surface area contributed by atoms with Crippen LogP contribution in [-0.4, -0.2) is 26.8 Å². The van der Waals surface area contributed by atoms with E-state index in [0.717, 1.165) is 19.3 Å². The van der Waals surface area contributed by atoms with Crippen LogP contribution >= 0.6 is 0 Å². The van der Waals surface area contributed by atoms with Crippen LogP contribution in [0.5, 0.6) is 0 Å². The summed E-state index contributed by atoms with van der Waals surface area (Å²) >= 11 is 0. The largest absolute Gasteiger partial charge is 0.481 e. The highest BCUT2D eigenvalue weighted by Crippen LogP contribution is 1.96. The van der Waals surface area contributed by atoms with E-state index in [9.17, 15) is 9.00 Å². The molecule has 3 nitrogen and oxygen atoms in total. The van der Waals surface area contributed by atoms with Crippen molar-refractivity contribution in [3.63, 3.8) is 0 Å². The van der Waals surface area contributed by atoms with Crippen LogP contribution in [-0.2, 0) is 15.6 Å². The Morgan fingerprint density at radius 3 is 2.55 bits per heavy atom. The van der Waals surface area contributed by atoms with E-state index in [2.05, 4.69) is 6.92 Å². The van der Waals surface area contributed by atoms with E-state index in [1.165, 1.54) is 0 Å². The molecule has 0 saturated carbocycles. The fourth-order valence-electron chi connectivity index (χ4n) is 0.723. The number of unbranched alkanes of at least 4 members (excludes halogenated alkanes) is 2. The van der Waals surface area contributed by atoms with Crippen LogP contribution in [0.25, 0.3) is 0 Å². The van der Waals surface area contributed by atoms with Crippen molar-refractivity contribution < 1.29 is 14.1 Å². The molecule has 4 heteroatoms. The molecule has 0 radical (unpaired) electrons. The average Bonchev–Trinajstić information content (AvgIpc) is 1.86. The monoisotopic (exact) mass is 178 g/mol. The molecule has 0 aromatic carbocycles. The standard InChI is InChI=1S/C7H14O3S/c1-2-3-4-5-11(10)6-7(8)9/h2-6H2,1H3,(H,8,9). The normalized spacial score (nSPS) is 12.8. The van der Waals surface area contributed by atoms with Gasteiger partial charge in [-0.3, -0.25) is 9.00 Å². The maximum absolute atomic E-state index is 10.9. The van der Waals surface area contributed by atoms with E-state index in [1.807, 2.05) is 0 Å². The molecule has 0 rings (SSSR count). The molecule has 66 valence electrons. The fourth-order valence-corrected chi connectivity index (χ4v) is 1.67. The quantitative estimate of drug-likeness (QED) is 0.617.